The van der Waals surface area contributed by atoms with Crippen LogP contribution in [0.3, 0.4) is 0 Å². The lowest BCUT2D eigenvalue weighted by atomic mass is 9.78. The van der Waals surface area contributed by atoms with Gasteiger partial charge >= 0.3 is 5.97 Å². The van der Waals surface area contributed by atoms with Gasteiger partial charge in [-0.2, -0.15) is 0 Å². The van der Waals surface area contributed by atoms with Crippen LogP contribution in [0.25, 0.3) is 0 Å². The van der Waals surface area contributed by atoms with Gasteiger partial charge in [0.2, 0.25) is 5.79 Å². The topological polar surface area (TPSA) is 223 Å². The van der Waals surface area contributed by atoms with Gasteiger partial charge in [-0.15, -0.1) is 0 Å². The number of fused-ring (bicyclic) bond motifs is 3. The summed E-state index contributed by atoms with van der Waals surface area (Å²) in [5.74, 6) is -8.15. The molecule has 0 aromatic carbocycles. The van der Waals surface area contributed by atoms with E-state index in [1.54, 1.807) is 41.1 Å². The fourth-order valence-corrected chi connectivity index (χ4v) is 11.0. The third-order valence-electron chi connectivity index (χ3n) is 15.8. The van der Waals surface area contributed by atoms with E-state index in [2.05, 4.69) is 0 Å². The Morgan fingerprint density at radius 1 is 0.813 bits per heavy atom. The number of ether oxygens (including phenoxy) is 8. The van der Waals surface area contributed by atoms with Crippen molar-refractivity contribution in [2.24, 2.45) is 35.5 Å². The molecule has 2 saturated heterocycles. The number of nitrogens with zero attached hydrogens (tertiary/aromatic N) is 1. The standard InChI is InChI=1S/C58H93NO16/c1-37-17-12-11-13-18-38(2)49(73-30-29-71-28-27-68-8)35-45-22-20-43(7)58(67,75-45)55(64)56(65)59-24-15-14-19-46(59)57(66)74-50(40(4)33-44-21-23-48(51(34-44)69-9)72-26-16-25-60)36-47(61)39(3)32-42(6)53(63)54(70-10)52(62)41(5)31-37/h11-13,17-18,32,37,39-41,43-46,48-51,53-54,60,63,67H,14-16,19-31,33-36H2,1-10H3/b13-11?,17-12+,38-18?,42-32+/t37-,39-,40-,41-,43-,44+,45+,46+,48-,49?,50+,51-,53-,54+,58-/m1/s1. The van der Waals surface area contributed by atoms with Crippen molar-refractivity contribution in [3.63, 3.8) is 0 Å². The van der Waals surface area contributed by atoms with Crippen LogP contribution in [0.5, 0.6) is 0 Å². The Morgan fingerprint density at radius 3 is 2.27 bits per heavy atom. The molecular formula is C58H93NO16. The van der Waals surface area contributed by atoms with Crippen LogP contribution in [0.15, 0.2) is 47.6 Å². The summed E-state index contributed by atoms with van der Waals surface area (Å²) in [6, 6.07) is -1.16. The smallest absolute Gasteiger partial charge is 0.329 e. The van der Waals surface area contributed by atoms with Gasteiger partial charge in [0.25, 0.3) is 11.7 Å². The summed E-state index contributed by atoms with van der Waals surface area (Å²) in [7, 11) is 4.62. The number of amides is 1. The number of piperidine rings is 1. The fourth-order valence-electron chi connectivity index (χ4n) is 11.0. The molecule has 17 heteroatoms. The Hall–Kier alpha value is -3.49. The van der Waals surface area contributed by atoms with E-state index in [0.29, 0.717) is 83.4 Å². The van der Waals surface area contributed by atoms with Crippen LogP contribution in [-0.2, 0) is 61.9 Å². The highest BCUT2D eigenvalue weighted by Gasteiger charge is 2.53. The number of allylic oxidation sites excluding steroid dienone is 6. The average Bonchev–Trinajstić information content (AvgIpc) is 3.39. The number of rotatable bonds is 16. The highest BCUT2D eigenvalue weighted by Crippen LogP contribution is 2.38. The molecule has 1 unspecified atom stereocenters. The molecule has 2 bridgehead atoms. The van der Waals surface area contributed by atoms with Gasteiger partial charge in [0.15, 0.2) is 5.78 Å². The zero-order chi connectivity index (χ0) is 55.2. The molecule has 1 amide bonds. The van der Waals surface area contributed by atoms with E-state index >= 15 is 0 Å². The number of hydrogen-bond acceptors (Lipinski definition) is 16. The van der Waals surface area contributed by atoms with E-state index in [-0.39, 0.29) is 80.5 Å². The van der Waals surface area contributed by atoms with E-state index in [1.165, 1.54) is 12.0 Å². The quantitative estimate of drug-likeness (QED) is 0.0639. The average molecular weight is 1060 g/mol. The van der Waals surface area contributed by atoms with Gasteiger partial charge in [-0.25, -0.2) is 4.79 Å². The van der Waals surface area contributed by atoms with Gasteiger partial charge < -0.3 is 58.1 Å². The van der Waals surface area contributed by atoms with Crippen molar-refractivity contribution in [1.82, 2.24) is 4.90 Å². The van der Waals surface area contributed by atoms with Crippen LogP contribution >= 0.6 is 0 Å². The van der Waals surface area contributed by atoms with E-state index < -0.39 is 77.8 Å². The van der Waals surface area contributed by atoms with E-state index in [0.717, 1.165) is 18.4 Å². The first kappa shape index (κ1) is 64.0. The number of esters is 1. The Kier molecular flexibility index (Phi) is 27.7. The van der Waals surface area contributed by atoms with Crippen LogP contribution in [0.4, 0.5) is 0 Å². The van der Waals surface area contributed by atoms with Gasteiger partial charge in [0, 0.05) is 71.7 Å². The van der Waals surface area contributed by atoms with Crippen molar-refractivity contribution in [3.05, 3.63) is 47.6 Å². The second-order valence-corrected chi connectivity index (χ2v) is 21.8. The Bertz CT molecular complexity index is 1930. The molecule has 3 aliphatic heterocycles. The third kappa shape index (κ3) is 19.1. The number of aliphatic hydroxyl groups excluding tert-OH is 2. The molecule has 0 spiro atoms. The predicted molar refractivity (Wildman–Crippen MR) is 282 cm³/mol. The van der Waals surface area contributed by atoms with Crippen LogP contribution in [0, 0.1) is 35.5 Å². The summed E-state index contributed by atoms with van der Waals surface area (Å²) < 4.78 is 47.3. The van der Waals surface area contributed by atoms with Crippen molar-refractivity contribution in [2.45, 2.75) is 186 Å². The summed E-state index contributed by atoms with van der Waals surface area (Å²) in [4.78, 5) is 72.9. The second-order valence-electron chi connectivity index (χ2n) is 21.8. The highest BCUT2D eigenvalue weighted by atomic mass is 16.6. The third-order valence-corrected chi connectivity index (χ3v) is 15.8. The van der Waals surface area contributed by atoms with E-state index in [1.807, 2.05) is 58.1 Å². The molecule has 0 aromatic rings. The summed E-state index contributed by atoms with van der Waals surface area (Å²) in [6.07, 6.45) is 12.3. The lowest BCUT2D eigenvalue weighted by molar-refractivity contribution is -0.266. The number of cyclic esters (lactones) is 1. The minimum atomic E-state index is -2.48. The van der Waals surface area contributed by atoms with Gasteiger partial charge in [-0.05, 0) is 113 Å². The maximum Gasteiger partial charge on any atom is 0.329 e. The fraction of sp³-hybridized carbons (Fsp3) is 0.776. The van der Waals surface area contributed by atoms with Crippen molar-refractivity contribution in [1.29, 1.82) is 0 Å². The van der Waals surface area contributed by atoms with Crippen LogP contribution in [-0.4, -0.2) is 172 Å². The zero-order valence-corrected chi connectivity index (χ0v) is 46.8. The number of ketones is 3. The summed E-state index contributed by atoms with van der Waals surface area (Å²) in [5.41, 5.74) is 1.23. The monoisotopic (exact) mass is 1060 g/mol. The summed E-state index contributed by atoms with van der Waals surface area (Å²) in [5, 5.41) is 33.0. The lowest BCUT2D eigenvalue weighted by Gasteiger charge is -2.43. The van der Waals surface area contributed by atoms with E-state index in [9.17, 15) is 39.3 Å². The second kappa shape index (κ2) is 32.4. The molecule has 75 heavy (non-hydrogen) atoms. The summed E-state index contributed by atoms with van der Waals surface area (Å²) >= 11 is 0. The van der Waals surface area contributed by atoms with Crippen LogP contribution in [0.1, 0.15) is 132 Å². The molecular weight excluding hydrogens is 967 g/mol. The normalized spacial score (nSPS) is 35.5. The van der Waals surface area contributed by atoms with Gasteiger partial charge in [0.1, 0.15) is 30.1 Å². The number of Topliss-reactive ketones (excluding diaryl/α,β-unsaturated/α-hetero) is 3. The summed E-state index contributed by atoms with van der Waals surface area (Å²) in [6.45, 7) is 14.6. The number of carbonyl (C=O) groups excluding carboxylic acids is 5. The van der Waals surface area contributed by atoms with Crippen molar-refractivity contribution in [2.75, 3.05) is 67.5 Å². The van der Waals surface area contributed by atoms with E-state index in [4.69, 9.17) is 37.9 Å². The van der Waals surface area contributed by atoms with Gasteiger partial charge in [0.05, 0.1) is 50.8 Å². The van der Waals surface area contributed by atoms with Crippen molar-refractivity contribution < 1.29 is 77.2 Å². The SMILES string of the molecule is COCCOCCOC1C[C@@H]2CC[C@@H](C)[C@@](O)(O2)C(=O)C(=O)N2CCCC[C@H]2C(=O)O[C@H]([C@H](C)C[C@@H]2CC[C@@H](OCCCO)[C@H](OC)C2)CC(=O)[C@H](C)/C=C(\C)[C@@H](O)[C@@H](OC)C(=O)[C@H](C)C[C@H](C)/C=C/C=CC=C1C. The maximum atomic E-state index is 14.6. The highest BCUT2D eigenvalue weighted by molar-refractivity contribution is 6.39. The van der Waals surface area contributed by atoms with Crippen molar-refractivity contribution in [3.8, 4) is 0 Å². The lowest BCUT2D eigenvalue weighted by Crippen LogP contribution is -2.61. The Labute approximate surface area is 447 Å². The number of carbonyl (C=O) groups is 5. The zero-order valence-electron chi connectivity index (χ0n) is 46.8. The number of hydrogen-bond donors (Lipinski definition) is 3. The number of methoxy groups -OCH3 is 3. The maximum absolute atomic E-state index is 14.6. The van der Waals surface area contributed by atoms with Gasteiger partial charge in [-0.3, -0.25) is 19.2 Å². The van der Waals surface area contributed by atoms with Crippen molar-refractivity contribution >= 4 is 29.2 Å². The van der Waals surface area contributed by atoms with Crippen LogP contribution in [0.2, 0.25) is 0 Å². The first-order valence-corrected chi connectivity index (χ1v) is 27.7. The molecule has 3 fully saturated rings. The molecule has 4 aliphatic rings. The number of aliphatic hydroxyl groups is 3. The first-order chi connectivity index (χ1) is 35.8. The predicted octanol–water partition coefficient (Wildman–Crippen LogP) is 6.62. The molecule has 17 nitrogen and oxygen atoms in total. The minimum Gasteiger partial charge on any atom is -0.460 e. The van der Waals surface area contributed by atoms with Crippen LogP contribution < -0.4 is 0 Å². The molecule has 15 atom stereocenters. The molecule has 3 N–H and O–H groups in total. The molecule has 3 heterocycles. The molecule has 1 aliphatic carbocycles. The van der Waals surface area contributed by atoms with Gasteiger partial charge in [-0.1, -0.05) is 71.1 Å². The Morgan fingerprint density at radius 2 is 1.56 bits per heavy atom. The first-order valence-electron chi connectivity index (χ1n) is 27.7. The molecule has 4 rings (SSSR count). The largest absolute Gasteiger partial charge is 0.460 e. The molecule has 426 valence electrons. The minimum absolute atomic E-state index is 0.00922. The molecule has 1 saturated carbocycles. The molecule has 0 aromatic heterocycles. The Balaban J connectivity index is 1.70. The molecule has 0 radical (unpaired) electrons.